The van der Waals surface area contributed by atoms with Crippen molar-refractivity contribution in [2.24, 2.45) is 5.92 Å². The van der Waals surface area contributed by atoms with Gasteiger partial charge in [0.2, 0.25) is 15.9 Å². The molecule has 128 valence electrons. The molecule has 1 atom stereocenters. The first-order chi connectivity index (χ1) is 10.8. The summed E-state index contributed by atoms with van der Waals surface area (Å²) in [6, 6.07) is 5.38. The number of hydrogen-bond donors (Lipinski definition) is 0. The smallest absolute Gasteiger partial charge is 0.243 e. The van der Waals surface area contributed by atoms with E-state index in [1.54, 1.807) is 11.0 Å². The van der Waals surface area contributed by atoms with Gasteiger partial charge in [0.15, 0.2) is 0 Å². The summed E-state index contributed by atoms with van der Waals surface area (Å²) < 4.78 is 27.1. The molecule has 1 amide bonds. The van der Waals surface area contributed by atoms with Crippen molar-refractivity contribution in [3.05, 3.63) is 29.3 Å². The molecule has 0 bridgehead atoms. The lowest BCUT2D eigenvalue weighted by Gasteiger charge is -2.35. The molecule has 2 rings (SSSR count). The van der Waals surface area contributed by atoms with Crippen LogP contribution in [0.1, 0.15) is 31.4 Å². The summed E-state index contributed by atoms with van der Waals surface area (Å²) in [6.07, 6.45) is 0.805. The molecule has 0 spiro atoms. The second-order valence-electron chi connectivity index (χ2n) is 6.31. The molecule has 1 aromatic carbocycles. The SMILES string of the molecule is CC[C@@H](C)C(=O)N1CCN(S(=O)(=O)c2ccc(C)cc2C)CC1. The summed E-state index contributed by atoms with van der Waals surface area (Å²) in [4.78, 5) is 14.4. The summed E-state index contributed by atoms with van der Waals surface area (Å²) >= 11 is 0. The highest BCUT2D eigenvalue weighted by Crippen LogP contribution is 2.22. The molecule has 1 aliphatic rings. The zero-order valence-electron chi connectivity index (χ0n) is 14.4. The summed E-state index contributed by atoms with van der Waals surface area (Å²) in [6.45, 7) is 9.33. The predicted octanol–water partition coefficient (Wildman–Crippen LogP) is 2.18. The third-order valence-corrected chi connectivity index (χ3v) is 6.59. The molecule has 1 aliphatic heterocycles. The Morgan fingerprint density at radius 2 is 1.78 bits per heavy atom. The van der Waals surface area contributed by atoms with Gasteiger partial charge in [0.25, 0.3) is 0 Å². The maximum Gasteiger partial charge on any atom is 0.243 e. The van der Waals surface area contributed by atoms with Crippen molar-refractivity contribution in [1.82, 2.24) is 9.21 Å². The number of benzene rings is 1. The number of hydrogen-bond acceptors (Lipinski definition) is 3. The largest absolute Gasteiger partial charge is 0.340 e. The quantitative estimate of drug-likeness (QED) is 0.845. The number of rotatable bonds is 4. The van der Waals surface area contributed by atoms with E-state index in [1.165, 1.54) is 4.31 Å². The molecule has 1 saturated heterocycles. The molecular formula is C17H26N2O3S. The van der Waals surface area contributed by atoms with Gasteiger partial charge in [0.1, 0.15) is 0 Å². The molecule has 0 aromatic heterocycles. The van der Waals surface area contributed by atoms with E-state index in [4.69, 9.17) is 0 Å². The number of nitrogens with zero attached hydrogens (tertiary/aromatic N) is 2. The van der Waals surface area contributed by atoms with Crippen molar-refractivity contribution in [2.45, 2.75) is 39.0 Å². The number of amides is 1. The van der Waals surface area contributed by atoms with Crippen molar-refractivity contribution < 1.29 is 13.2 Å². The average Bonchev–Trinajstić information content (AvgIpc) is 2.53. The topological polar surface area (TPSA) is 57.7 Å². The highest BCUT2D eigenvalue weighted by molar-refractivity contribution is 7.89. The molecule has 0 unspecified atom stereocenters. The normalized spacial score (nSPS) is 18.0. The average molecular weight is 338 g/mol. The number of carbonyl (C=O) groups excluding carboxylic acids is 1. The van der Waals surface area contributed by atoms with Crippen LogP contribution in [0.5, 0.6) is 0 Å². The molecule has 6 heteroatoms. The first kappa shape index (κ1) is 17.9. The molecule has 5 nitrogen and oxygen atoms in total. The van der Waals surface area contributed by atoms with E-state index in [0.29, 0.717) is 31.1 Å². The van der Waals surface area contributed by atoms with Crippen molar-refractivity contribution >= 4 is 15.9 Å². The highest BCUT2D eigenvalue weighted by atomic mass is 32.2. The Morgan fingerprint density at radius 1 is 1.17 bits per heavy atom. The van der Waals surface area contributed by atoms with Gasteiger partial charge in [-0.15, -0.1) is 0 Å². The minimum Gasteiger partial charge on any atom is -0.340 e. The molecule has 1 aromatic rings. The molecule has 0 N–H and O–H groups in total. The van der Waals surface area contributed by atoms with Crippen LogP contribution in [0.2, 0.25) is 0 Å². The van der Waals surface area contributed by atoms with Gasteiger partial charge < -0.3 is 4.90 Å². The molecule has 1 heterocycles. The Labute approximate surface area is 139 Å². The lowest BCUT2D eigenvalue weighted by Crippen LogP contribution is -2.51. The van der Waals surface area contributed by atoms with Gasteiger partial charge in [0, 0.05) is 32.1 Å². The third kappa shape index (κ3) is 3.75. The summed E-state index contributed by atoms with van der Waals surface area (Å²) in [5.41, 5.74) is 1.81. The van der Waals surface area contributed by atoms with Gasteiger partial charge in [0.05, 0.1) is 4.90 Å². The highest BCUT2D eigenvalue weighted by Gasteiger charge is 2.31. The van der Waals surface area contributed by atoms with E-state index >= 15 is 0 Å². The van der Waals surface area contributed by atoms with E-state index in [1.807, 2.05) is 39.8 Å². The third-order valence-electron chi connectivity index (χ3n) is 4.53. The Hall–Kier alpha value is -1.40. The molecule has 0 radical (unpaired) electrons. The standard InChI is InChI=1S/C17H26N2O3S/c1-5-14(3)17(20)18-8-10-19(11-9-18)23(21,22)16-7-6-13(2)12-15(16)4/h6-7,12,14H,5,8-11H2,1-4H3/t14-/m1/s1. The Kier molecular flexibility index (Phi) is 5.47. The maximum atomic E-state index is 12.8. The van der Waals surface area contributed by atoms with Crippen LogP contribution in [0, 0.1) is 19.8 Å². The molecular weight excluding hydrogens is 312 g/mol. The number of carbonyl (C=O) groups is 1. The predicted molar refractivity (Wildman–Crippen MR) is 90.7 cm³/mol. The first-order valence-corrected chi connectivity index (χ1v) is 9.57. The van der Waals surface area contributed by atoms with Crippen molar-refractivity contribution in [3.8, 4) is 0 Å². The van der Waals surface area contributed by atoms with Crippen molar-refractivity contribution in [3.63, 3.8) is 0 Å². The summed E-state index contributed by atoms with van der Waals surface area (Å²) in [7, 11) is -3.49. The Balaban J connectivity index is 2.11. The second kappa shape index (κ2) is 7.01. The fraction of sp³-hybridized carbons (Fsp3) is 0.588. The van der Waals surface area contributed by atoms with Gasteiger partial charge >= 0.3 is 0 Å². The van der Waals surface area contributed by atoms with Gasteiger partial charge in [-0.05, 0) is 31.9 Å². The van der Waals surface area contributed by atoms with Crippen LogP contribution < -0.4 is 0 Å². The van der Waals surface area contributed by atoms with Crippen molar-refractivity contribution in [1.29, 1.82) is 0 Å². The van der Waals surface area contributed by atoms with E-state index in [9.17, 15) is 13.2 Å². The minimum absolute atomic E-state index is 0.00231. The number of piperazine rings is 1. The van der Waals surface area contributed by atoms with Gasteiger partial charge in [-0.1, -0.05) is 31.5 Å². The molecule has 23 heavy (non-hydrogen) atoms. The summed E-state index contributed by atoms with van der Waals surface area (Å²) in [5.74, 6) is 0.119. The fourth-order valence-electron chi connectivity index (χ4n) is 2.86. The zero-order chi connectivity index (χ0) is 17.2. The molecule has 0 saturated carbocycles. The van der Waals surface area contributed by atoms with Gasteiger partial charge in [-0.25, -0.2) is 8.42 Å². The second-order valence-corrected chi connectivity index (χ2v) is 8.21. The summed E-state index contributed by atoms with van der Waals surface area (Å²) in [5, 5.41) is 0. The van der Waals surface area contributed by atoms with Gasteiger partial charge in [-0.2, -0.15) is 4.31 Å². The van der Waals surface area contributed by atoms with Crippen LogP contribution in [0.15, 0.2) is 23.1 Å². The van der Waals surface area contributed by atoms with E-state index in [-0.39, 0.29) is 11.8 Å². The number of sulfonamides is 1. The van der Waals surface area contributed by atoms with Crippen LogP contribution in [-0.2, 0) is 14.8 Å². The van der Waals surface area contributed by atoms with Crippen LogP contribution in [0.25, 0.3) is 0 Å². The first-order valence-electron chi connectivity index (χ1n) is 8.13. The monoisotopic (exact) mass is 338 g/mol. The molecule has 0 aliphatic carbocycles. The Bertz CT molecular complexity index is 677. The fourth-order valence-corrected chi connectivity index (χ4v) is 4.49. The minimum atomic E-state index is -3.49. The lowest BCUT2D eigenvalue weighted by atomic mass is 10.1. The van der Waals surface area contributed by atoms with Crippen LogP contribution in [0.3, 0.4) is 0 Å². The maximum absolute atomic E-state index is 12.8. The van der Waals surface area contributed by atoms with E-state index in [0.717, 1.165) is 17.5 Å². The van der Waals surface area contributed by atoms with E-state index < -0.39 is 10.0 Å². The van der Waals surface area contributed by atoms with E-state index in [2.05, 4.69) is 0 Å². The molecule has 1 fully saturated rings. The van der Waals surface area contributed by atoms with Crippen LogP contribution in [0.4, 0.5) is 0 Å². The van der Waals surface area contributed by atoms with Crippen LogP contribution >= 0.6 is 0 Å². The number of aryl methyl sites for hydroxylation is 2. The van der Waals surface area contributed by atoms with Gasteiger partial charge in [-0.3, -0.25) is 4.79 Å². The Morgan fingerprint density at radius 3 is 2.30 bits per heavy atom. The lowest BCUT2D eigenvalue weighted by molar-refractivity contribution is -0.136. The van der Waals surface area contributed by atoms with Crippen LogP contribution in [-0.4, -0.2) is 49.7 Å². The van der Waals surface area contributed by atoms with Crippen molar-refractivity contribution in [2.75, 3.05) is 26.2 Å². The zero-order valence-corrected chi connectivity index (χ0v) is 15.2.